The van der Waals surface area contributed by atoms with Crippen LogP contribution in [0.2, 0.25) is 0 Å². The highest BCUT2D eigenvalue weighted by atomic mass is 19.1. The number of fused-ring (bicyclic) bond motifs is 1. The predicted molar refractivity (Wildman–Crippen MR) is 111 cm³/mol. The largest absolute Gasteiger partial charge is 0.377 e. The maximum Gasteiger partial charge on any atom is 0.222 e. The first kappa shape index (κ1) is 20.9. The summed E-state index contributed by atoms with van der Waals surface area (Å²) in [6.07, 6.45) is 1.22. The van der Waals surface area contributed by atoms with Gasteiger partial charge in [0.2, 0.25) is 5.91 Å². The number of piperidine rings is 1. The van der Waals surface area contributed by atoms with Gasteiger partial charge in [-0.25, -0.2) is 8.78 Å². The maximum absolute atomic E-state index is 13.3. The van der Waals surface area contributed by atoms with E-state index in [-0.39, 0.29) is 25.0 Å². The van der Waals surface area contributed by atoms with Crippen LogP contribution in [0.25, 0.3) is 0 Å². The molecule has 2 aromatic carbocycles. The van der Waals surface area contributed by atoms with E-state index >= 15 is 0 Å². The lowest BCUT2D eigenvalue weighted by atomic mass is 9.83. The summed E-state index contributed by atoms with van der Waals surface area (Å²) in [5.41, 5.74) is 3.02. The summed E-state index contributed by atoms with van der Waals surface area (Å²) in [6.45, 7) is 5.83. The van der Waals surface area contributed by atoms with Crippen molar-refractivity contribution in [1.29, 1.82) is 0 Å². The minimum Gasteiger partial charge on any atom is -0.377 e. The number of hydrogen-bond acceptors (Lipinski definition) is 3. The first-order chi connectivity index (χ1) is 14.5. The van der Waals surface area contributed by atoms with Crippen molar-refractivity contribution >= 4 is 5.91 Å². The zero-order valence-electron chi connectivity index (χ0n) is 17.2. The third kappa shape index (κ3) is 5.24. The van der Waals surface area contributed by atoms with E-state index in [9.17, 15) is 13.6 Å². The summed E-state index contributed by atoms with van der Waals surface area (Å²) >= 11 is 0. The number of halogens is 2. The van der Waals surface area contributed by atoms with Gasteiger partial charge < -0.3 is 10.1 Å². The molecule has 1 N–H and O–H groups in total. The SMILES string of the molecule is Cc1cccc(CN2CC[C@@H]3[C@@H](CO[C@H]3CC(=O)NCc3cc(F)cc(F)c3)C2)c1. The summed E-state index contributed by atoms with van der Waals surface area (Å²) in [4.78, 5) is 14.8. The minimum atomic E-state index is -0.640. The van der Waals surface area contributed by atoms with Gasteiger partial charge in [0.15, 0.2) is 0 Å². The van der Waals surface area contributed by atoms with Crippen LogP contribution in [0, 0.1) is 30.4 Å². The smallest absolute Gasteiger partial charge is 0.222 e. The van der Waals surface area contributed by atoms with Crippen molar-refractivity contribution in [2.75, 3.05) is 19.7 Å². The third-order valence-electron chi connectivity index (χ3n) is 6.17. The standard InChI is InChI=1S/C24H28F2N2O2/c1-16-3-2-4-17(7-16)13-28-6-5-22-19(14-28)15-30-23(22)11-24(29)27-12-18-8-20(25)10-21(26)9-18/h2-4,7-10,19,22-23H,5-6,11-15H2,1H3,(H,27,29)/t19-,22-,23+/m1/s1. The second-order valence-corrected chi connectivity index (χ2v) is 8.57. The molecule has 0 spiro atoms. The number of hydrogen-bond donors (Lipinski definition) is 1. The summed E-state index contributed by atoms with van der Waals surface area (Å²) in [6, 6.07) is 11.9. The normalized spacial score (nSPS) is 23.9. The van der Waals surface area contributed by atoms with Gasteiger partial charge in [0.25, 0.3) is 0 Å². The molecule has 0 aliphatic carbocycles. The van der Waals surface area contributed by atoms with E-state index in [4.69, 9.17) is 4.74 Å². The molecule has 2 fully saturated rings. The van der Waals surface area contributed by atoms with Crippen molar-refractivity contribution in [2.45, 2.75) is 39.0 Å². The van der Waals surface area contributed by atoms with Crippen molar-refractivity contribution in [3.8, 4) is 0 Å². The van der Waals surface area contributed by atoms with Gasteiger partial charge in [-0.3, -0.25) is 9.69 Å². The van der Waals surface area contributed by atoms with Crippen LogP contribution in [-0.2, 0) is 22.6 Å². The molecule has 30 heavy (non-hydrogen) atoms. The van der Waals surface area contributed by atoms with Gasteiger partial charge in [-0.2, -0.15) is 0 Å². The number of nitrogens with zero attached hydrogens (tertiary/aromatic N) is 1. The van der Waals surface area contributed by atoms with E-state index in [1.807, 2.05) is 0 Å². The van der Waals surface area contributed by atoms with Crippen molar-refractivity contribution in [3.05, 3.63) is 70.8 Å². The average Bonchev–Trinajstić information content (AvgIpc) is 3.08. The molecule has 6 heteroatoms. The molecule has 0 unspecified atom stereocenters. The zero-order chi connectivity index (χ0) is 21.1. The maximum atomic E-state index is 13.3. The third-order valence-corrected chi connectivity index (χ3v) is 6.17. The molecular formula is C24H28F2N2O2. The molecule has 1 amide bonds. The molecule has 2 aliphatic rings. The summed E-state index contributed by atoms with van der Waals surface area (Å²) in [5, 5.41) is 2.76. The zero-order valence-corrected chi connectivity index (χ0v) is 17.2. The van der Waals surface area contributed by atoms with Crippen molar-refractivity contribution in [3.63, 3.8) is 0 Å². The number of benzene rings is 2. The number of carbonyl (C=O) groups is 1. The lowest BCUT2D eigenvalue weighted by molar-refractivity contribution is -0.124. The van der Waals surface area contributed by atoms with Gasteiger partial charge in [-0.1, -0.05) is 29.8 Å². The van der Waals surface area contributed by atoms with Crippen LogP contribution in [-0.4, -0.2) is 36.6 Å². The average molecular weight is 414 g/mol. The van der Waals surface area contributed by atoms with Crippen molar-refractivity contribution in [1.82, 2.24) is 10.2 Å². The molecule has 2 aromatic rings. The summed E-state index contributed by atoms with van der Waals surface area (Å²) < 4.78 is 32.5. The van der Waals surface area contributed by atoms with Crippen LogP contribution in [0.15, 0.2) is 42.5 Å². The van der Waals surface area contributed by atoms with Gasteiger partial charge >= 0.3 is 0 Å². The number of likely N-dealkylation sites (tertiary alicyclic amines) is 1. The molecule has 2 heterocycles. The van der Waals surface area contributed by atoms with Crippen molar-refractivity contribution < 1.29 is 18.3 Å². The number of aryl methyl sites for hydroxylation is 1. The summed E-state index contributed by atoms with van der Waals surface area (Å²) in [7, 11) is 0. The molecule has 2 saturated heterocycles. The minimum absolute atomic E-state index is 0.0830. The Morgan fingerprint density at radius 1 is 1.17 bits per heavy atom. The van der Waals surface area contributed by atoms with Gasteiger partial charge in [-0.15, -0.1) is 0 Å². The number of ether oxygens (including phenoxy) is 1. The second kappa shape index (κ2) is 9.23. The van der Waals surface area contributed by atoms with Gasteiger partial charge in [-0.05, 0) is 49.1 Å². The highest BCUT2D eigenvalue weighted by Gasteiger charge is 2.41. The Hall–Kier alpha value is -2.31. The van der Waals surface area contributed by atoms with Crippen molar-refractivity contribution in [2.24, 2.45) is 11.8 Å². The van der Waals surface area contributed by atoms with Gasteiger partial charge in [0, 0.05) is 31.6 Å². The molecule has 0 aromatic heterocycles. The van der Waals surface area contributed by atoms with Crippen LogP contribution >= 0.6 is 0 Å². The fraction of sp³-hybridized carbons (Fsp3) is 0.458. The first-order valence-electron chi connectivity index (χ1n) is 10.6. The van der Waals surface area contributed by atoms with Crippen LogP contribution in [0.5, 0.6) is 0 Å². The number of carbonyl (C=O) groups excluding carboxylic acids is 1. The van der Waals surface area contributed by atoms with E-state index < -0.39 is 11.6 Å². The Labute approximate surface area is 176 Å². The highest BCUT2D eigenvalue weighted by Crippen LogP contribution is 2.36. The highest BCUT2D eigenvalue weighted by molar-refractivity contribution is 5.76. The fourth-order valence-corrected chi connectivity index (χ4v) is 4.75. The molecule has 4 nitrogen and oxygen atoms in total. The number of rotatable bonds is 6. The first-order valence-corrected chi connectivity index (χ1v) is 10.6. The van der Waals surface area contributed by atoms with E-state index in [1.165, 1.54) is 23.3 Å². The van der Waals surface area contributed by atoms with E-state index in [2.05, 4.69) is 41.4 Å². The molecule has 2 aliphatic heterocycles. The molecule has 160 valence electrons. The van der Waals surface area contributed by atoms with Crippen LogP contribution in [0.4, 0.5) is 8.78 Å². The number of amides is 1. The number of nitrogens with one attached hydrogen (secondary N) is 1. The van der Waals surface area contributed by atoms with E-state index in [1.54, 1.807) is 0 Å². The van der Waals surface area contributed by atoms with Crippen LogP contribution in [0.3, 0.4) is 0 Å². The molecule has 0 radical (unpaired) electrons. The topological polar surface area (TPSA) is 41.6 Å². The Morgan fingerprint density at radius 3 is 2.73 bits per heavy atom. The Balaban J connectivity index is 1.26. The quantitative estimate of drug-likeness (QED) is 0.782. The van der Waals surface area contributed by atoms with Gasteiger partial charge in [0.1, 0.15) is 11.6 Å². The fourth-order valence-electron chi connectivity index (χ4n) is 4.75. The molecule has 0 bridgehead atoms. The lowest BCUT2D eigenvalue weighted by Gasteiger charge is -2.35. The Kier molecular flexibility index (Phi) is 6.44. The molecule has 4 rings (SSSR count). The van der Waals surface area contributed by atoms with Gasteiger partial charge in [0.05, 0.1) is 19.1 Å². The Bertz CT molecular complexity index is 884. The monoisotopic (exact) mass is 414 g/mol. The molecule has 3 atom stereocenters. The molecular weight excluding hydrogens is 386 g/mol. The molecule has 0 saturated carbocycles. The van der Waals surface area contributed by atoms with Crippen LogP contribution < -0.4 is 5.32 Å². The predicted octanol–water partition coefficient (Wildman–Crippen LogP) is 3.82. The second-order valence-electron chi connectivity index (χ2n) is 8.57. The summed E-state index contributed by atoms with van der Waals surface area (Å²) in [5.74, 6) is -0.598. The van der Waals surface area contributed by atoms with E-state index in [0.29, 0.717) is 24.0 Å². The Morgan fingerprint density at radius 2 is 1.97 bits per heavy atom. The van der Waals surface area contributed by atoms with Crippen LogP contribution in [0.1, 0.15) is 29.5 Å². The van der Waals surface area contributed by atoms with E-state index in [0.717, 1.165) is 32.1 Å². The lowest BCUT2D eigenvalue weighted by Crippen LogP contribution is -2.41.